The molecule has 5 nitrogen and oxygen atoms in total. The highest BCUT2D eigenvalue weighted by Crippen LogP contribution is 2.45. The van der Waals surface area contributed by atoms with E-state index in [1.54, 1.807) is 29.7 Å². The third-order valence-electron chi connectivity index (χ3n) is 3.91. The fourth-order valence-corrected chi connectivity index (χ4v) is 4.11. The van der Waals surface area contributed by atoms with E-state index in [-0.39, 0.29) is 5.91 Å². The average Bonchev–Trinajstić information content (AvgIpc) is 3.08. The molecule has 4 rings (SSSR count). The summed E-state index contributed by atoms with van der Waals surface area (Å²) in [5, 5.41) is 3.68. The minimum atomic E-state index is -0.00373. The molecular formula is C15H14ClN3O2S. The van der Waals surface area contributed by atoms with Crippen molar-refractivity contribution in [3.05, 3.63) is 28.1 Å². The van der Waals surface area contributed by atoms with Gasteiger partial charge in [-0.3, -0.25) is 9.79 Å². The first-order valence-electron chi connectivity index (χ1n) is 7.09. The predicted octanol–water partition coefficient (Wildman–Crippen LogP) is 2.80. The molecule has 3 heterocycles. The molecule has 0 spiro atoms. The smallest absolute Gasteiger partial charge is 0.224 e. The maximum absolute atomic E-state index is 11.9. The second-order valence-electron chi connectivity index (χ2n) is 5.26. The highest BCUT2D eigenvalue weighted by Gasteiger charge is 2.32. The van der Waals surface area contributed by atoms with Gasteiger partial charge >= 0.3 is 0 Å². The lowest BCUT2D eigenvalue weighted by molar-refractivity contribution is -0.116. The van der Waals surface area contributed by atoms with Gasteiger partial charge in [-0.25, -0.2) is 0 Å². The molecule has 1 aromatic carbocycles. The molecule has 0 fully saturated rings. The Balaban J connectivity index is 1.84. The minimum Gasteiger partial charge on any atom is -0.489 e. The fourth-order valence-electron chi connectivity index (χ4n) is 2.94. The van der Waals surface area contributed by atoms with Gasteiger partial charge < -0.3 is 14.5 Å². The van der Waals surface area contributed by atoms with Crippen LogP contribution in [-0.2, 0) is 4.79 Å². The number of fused-ring (bicyclic) bond motifs is 2. The molecule has 3 aliphatic heterocycles. The van der Waals surface area contributed by atoms with Crippen molar-refractivity contribution in [2.75, 3.05) is 31.1 Å². The van der Waals surface area contributed by atoms with Crippen LogP contribution < -0.4 is 9.64 Å². The molecule has 3 aliphatic rings. The van der Waals surface area contributed by atoms with Crippen molar-refractivity contribution < 1.29 is 9.53 Å². The van der Waals surface area contributed by atoms with Gasteiger partial charge in [-0.05, 0) is 12.1 Å². The second-order valence-corrected chi connectivity index (χ2v) is 6.53. The van der Waals surface area contributed by atoms with Gasteiger partial charge in [-0.2, -0.15) is 0 Å². The standard InChI is InChI=1S/C15H14ClN3O2S/c1-9(20)18-4-5-21-14-11(6-10(16)7-12(14)18)13-8-22-15-17-2-3-19(13)15/h6-8H,2-5H2,1H3. The van der Waals surface area contributed by atoms with Crippen molar-refractivity contribution in [2.24, 2.45) is 4.99 Å². The number of thioether (sulfide) groups is 1. The maximum Gasteiger partial charge on any atom is 0.224 e. The van der Waals surface area contributed by atoms with Gasteiger partial charge in [0.05, 0.1) is 24.5 Å². The number of hydrogen-bond acceptors (Lipinski definition) is 5. The zero-order chi connectivity index (χ0) is 15.3. The third-order valence-corrected chi connectivity index (χ3v) is 5.03. The molecule has 22 heavy (non-hydrogen) atoms. The molecular weight excluding hydrogens is 322 g/mol. The van der Waals surface area contributed by atoms with Crippen molar-refractivity contribution in [3.63, 3.8) is 0 Å². The maximum atomic E-state index is 11.9. The predicted molar refractivity (Wildman–Crippen MR) is 89.6 cm³/mol. The van der Waals surface area contributed by atoms with Gasteiger partial charge in [0.1, 0.15) is 6.61 Å². The Kier molecular flexibility index (Phi) is 3.31. The monoisotopic (exact) mass is 335 g/mol. The van der Waals surface area contributed by atoms with Crippen LogP contribution in [0.1, 0.15) is 12.5 Å². The Morgan fingerprint density at radius 1 is 1.41 bits per heavy atom. The molecule has 0 aromatic heterocycles. The second kappa shape index (κ2) is 5.21. The molecule has 0 N–H and O–H groups in total. The van der Waals surface area contributed by atoms with Crippen molar-refractivity contribution in [3.8, 4) is 5.75 Å². The van der Waals surface area contributed by atoms with Gasteiger partial charge in [0.25, 0.3) is 0 Å². The van der Waals surface area contributed by atoms with E-state index in [0.29, 0.717) is 18.2 Å². The van der Waals surface area contributed by atoms with E-state index in [0.717, 1.165) is 41.0 Å². The van der Waals surface area contributed by atoms with Crippen LogP contribution in [-0.4, -0.2) is 42.2 Å². The fraction of sp³-hybridized carbons (Fsp3) is 0.333. The highest BCUT2D eigenvalue weighted by molar-refractivity contribution is 8.16. The molecule has 0 atom stereocenters. The number of halogens is 1. The van der Waals surface area contributed by atoms with Gasteiger partial charge in [0.2, 0.25) is 5.91 Å². The first-order chi connectivity index (χ1) is 10.6. The van der Waals surface area contributed by atoms with Crippen LogP contribution in [0.2, 0.25) is 5.02 Å². The van der Waals surface area contributed by atoms with E-state index in [1.165, 1.54) is 0 Å². The number of amides is 1. The Hall–Kier alpha value is -1.66. The summed E-state index contributed by atoms with van der Waals surface area (Å²) >= 11 is 7.91. The normalized spacial score (nSPS) is 19.4. The summed E-state index contributed by atoms with van der Waals surface area (Å²) in [5.41, 5.74) is 2.72. The number of amidine groups is 1. The SMILES string of the molecule is CC(=O)N1CCOc2c(C3=CSC4=NCCN34)cc(Cl)cc21. The number of anilines is 1. The van der Waals surface area contributed by atoms with E-state index in [9.17, 15) is 4.79 Å². The van der Waals surface area contributed by atoms with Crippen LogP contribution in [0.5, 0.6) is 5.75 Å². The largest absolute Gasteiger partial charge is 0.489 e. The number of aliphatic imine (C=N–C) groups is 1. The number of carbonyl (C=O) groups is 1. The van der Waals surface area contributed by atoms with Crippen molar-refractivity contribution >= 4 is 45.8 Å². The third kappa shape index (κ3) is 2.09. The lowest BCUT2D eigenvalue weighted by Crippen LogP contribution is -2.36. The van der Waals surface area contributed by atoms with E-state index in [2.05, 4.69) is 15.3 Å². The quantitative estimate of drug-likeness (QED) is 0.791. The lowest BCUT2D eigenvalue weighted by atomic mass is 10.1. The summed E-state index contributed by atoms with van der Waals surface area (Å²) in [5.74, 6) is 0.724. The topological polar surface area (TPSA) is 45.1 Å². The van der Waals surface area contributed by atoms with E-state index >= 15 is 0 Å². The molecule has 0 saturated carbocycles. The van der Waals surface area contributed by atoms with Crippen LogP contribution >= 0.6 is 23.4 Å². The average molecular weight is 336 g/mol. The number of nitrogens with zero attached hydrogens (tertiary/aromatic N) is 3. The van der Waals surface area contributed by atoms with Crippen LogP contribution in [0.25, 0.3) is 5.70 Å². The number of benzene rings is 1. The minimum absolute atomic E-state index is 0.00373. The number of hydrogen-bond donors (Lipinski definition) is 0. The first kappa shape index (κ1) is 14.0. The van der Waals surface area contributed by atoms with Crippen LogP contribution in [0.15, 0.2) is 22.5 Å². The Morgan fingerprint density at radius 3 is 3.09 bits per heavy atom. The summed E-state index contributed by atoms with van der Waals surface area (Å²) in [6.07, 6.45) is 0. The van der Waals surface area contributed by atoms with Crippen LogP contribution in [0, 0.1) is 0 Å². The molecule has 0 unspecified atom stereocenters. The van der Waals surface area contributed by atoms with Gasteiger partial charge in [-0.1, -0.05) is 23.4 Å². The summed E-state index contributed by atoms with van der Waals surface area (Å²) in [4.78, 5) is 20.2. The zero-order valence-electron chi connectivity index (χ0n) is 12.0. The number of ether oxygens (including phenoxy) is 1. The van der Waals surface area contributed by atoms with E-state index < -0.39 is 0 Å². The molecule has 114 valence electrons. The summed E-state index contributed by atoms with van der Waals surface area (Å²) in [7, 11) is 0. The Morgan fingerprint density at radius 2 is 2.27 bits per heavy atom. The Bertz CT molecular complexity index is 732. The van der Waals surface area contributed by atoms with E-state index in [1.807, 2.05) is 6.07 Å². The summed E-state index contributed by atoms with van der Waals surface area (Å²) < 4.78 is 5.88. The molecule has 1 amide bonds. The van der Waals surface area contributed by atoms with Crippen LogP contribution in [0.3, 0.4) is 0 Å². The zero-order valence-corrected chi connectivity index (χ0v) is 13.6. The number of rotatable bonds is 1. The van der Waals surface area contributed by atoms with Crippen molar-refractivity contribution in [1.29, 1.82) is 0 Å². The van der Waals surface area contributed by atoms with Crippen molar-refractivity contribution in [2.45, 2.75) is 6.92 Å². The first-order valence-corrected chi connectivity index (χ1v) is 8.34. The van der Waals surface area contributed by atoms with Gasteiger partial charge in [0.15, 0.2) is 10.9 Å². The molecule has 0 saturated heterocycles. The number of carbonyl (C=O) groups excluding carboxylic acids is 1. The highest BCUT2D eigenvalue weighted by atomic mass is 35.5. The van der Waals surface area contributed by atoms with Crippen LogP contribution in [0.4, 0.5) is 5.69 Å². The molecule has 7 heteroatoms. The molecule has 0 bridgehead atoms. The lowest BCUT2D eigenvalue weighted by Gasteiger charge is -2.31. The molecule has 0 radical (unpaired) electrons. The van der Waals surface area contributed by atoms with Crippen molar-refractivity contribution in [1.82, 2.24) is 4.90 Å². The van der Waals surface area contributed by atoms with Gasteiger partial charge in [0, 0.05) is 29.5 Å². The molecule has 0 aliphatic carbocycles. The van der Waals surface area contributed by atoms with Gasteiger partial charge in [-0.15, -0.1) is 0 Å². The van der Waals surface area contributed by atoms with E-state index in [4.69, 9.17) is 16.3 Å². The molecule has 1 aromatic rings. The Labute approximate surface area is 137 Å². The summed E-state index contributed by atoms with van der Waals surface area (Å²) in [6, 6.07) is 3.69. The summed E-state index contributed by atoms with van der Waals surface area (Å²) in [6.45, 7) is 4.27.